The Morgan fingerprint density at radius 2 is 2.26 bits per heavy atom. The molecule has 2 rings (SSSR count). The number of aliphatic hydroxyl groups excluding tert-OH is 1. The number of rotatable bonds is 7. The lowest BCUT2D eigenvalue weighted by molar-refractivity contribution is -0.0415. The van der Waals surface area contributed by atoms with E-state index >= 15 is 0 Å². The number of methoxy groups -OCH3 is 1. The minimum absolute atomic E-state index is 0.00380. The van der Waals surface area contributed by atoms with Crippen LogP contribution in [0.15, 0.2) is 6.33 Å². The van der Waals surface area contributed by atoms with E-state index in [9.17, 15) is 5.11 Å². The quantitative estimate of drug-likeness (QED) is 0.720. The summed E-state index contributed by atoms with van der Waals surface area (Å²) in [5.74, 6) is 0.951. The Morgan fingerprint density at radius 1 is 1.42 bits per heavy atom. The molecule has 1 aliphatic heterocycles. The van der Waals surface area contributed by atoms with Crippen molar-refractivity contribution in [3.63, 3.8) is 0 Å². The molecule has 19 heavy (non-hydrogen) atoms. The van der Waals surface area contributed by atoms with Crippen molar-refractivity contribution in [2.45, 2.75) is 32.2 Å². The van der Waals surface area contributed by atoms with Gasteiger partial charge in [0.2, 0.25) is 0 Å². The van der Waals surface area contributed by atoms with Crippen molar-refractivity contribution in [3.8, 4) is 0 Å². The average molecular weight is 270 g/mol. The number of ether oxygens (including phenoxy) is 2. The summed E-state index contributed by atoms with van der Waals surface area (Å²) in [4.78, 5) is 2.17. The molecule has 0 amide bonds. The second-order valence-corrected chi connectivity index (χ2v) is 4.93. The molecule has 0 saturated heterocycles. The van der Waals surface area contributed by atoms with E-state index in [0.717, 1.165) is 25.5 Å². The van der Waals surface area contributed by atoms with Gasteiger partial charge in [-0.05, 0) is 6.92 Å². The van der Waals surface area contributed by atoms with Gasteiger partial charge < -0.3 is 19.1 Å². The van der Waals surface area contributed by atoms with E-state index in [1.807, 2.05) is 11.5 Å². The number of β-amino-alcohol motifs (C(OH)–C–C–N with tert-alkyl or cyclic N) is 1. The first-order valence-corrected chi connectivity index (χ1v) is 6.56. The molecule has 1 aliphatic rings. The van der Waals surface area contributed by atoms with Crippen LogP contribution in [0.2, 0.25) is 0 Å². The second kappa shape index (κ2) is 6.95. The summed E-state index contributed by atoms with van der Waals surface area (Å²) >= 11 is 0. The molecule has 0 aliphatic carbocycles. The fourth-order valence-electron chi connectivity index (χ4n) is 2.18. The third kappa shape index (κ3) is 4.24. The van der Waals surface area contributed by atoms with Crippen molar-refractivity contribution in [3.05, 3.63) is 12.2 Å². The number of nitrogens with zero attached hydrogens (tertiary/aromatic N) is 4. The van der Waals surface area contributed by atoms with Crippen molar-refractivity contribution < 1.29 is 14.6 Å². The van der Waals surface area contributed by atoms with E-state index in [1.54, 1.807) is 13.4 Å². The molecule has 2 heterocycles. The van der Waals surface area contributed by atoms with Gasteiger partial charge in [0.15, 0.2) is 0 Å². The summed E-state index contributed by atoms with van der Waals surface area (Å²) in [7, 11) is 1.64. The van der Waals surface area contributed by atoms with Crippen LogP contribution in [-0.4, -0.2) is 70.4 Å². The van der Waals surface area contributed by atoms with Gasteiger partial charge in [-0.15, -0.1) is 10.2 Å². The van der Waals surface area contributed by atoms with Gasteiger partial charge >= 0.3 is 0 Å². The monoisotopic (exact) mass is 270 g/mol. The zero-order valence-electron chi connectivity index (χ0n) is 11.5. The molecule has 1 N–H and O–H groups in total. The summed E-state index contributed by atoms with van der Waals surface area (Å²) in [5.41, 5.74) is 0. The van der Waals surface area contributed by atoms with Gasteiger partial charge in [-0.2, -0.15) is 0 Å². The molecule has 2 atom stereocenters. The molecule has 1 aromatic heterocycles. The minimum atomic E-state index is -0.492. The van der Waals surface area contributed by atoms with Crippen LogP contribution in [0, 0.1) is 0 Å². The topological polar surface area (TPSA) is 72.6 Å². The van der Waals surface area contributed by atoms with E-state index in [-0.39, 0.29) is 6.10 Å². The van der Waals surface area contributed by atoms with Gasteiger partial charge in [-0.25, -0.2) is 0 Å². The van der Waals surface area contributed by atoms with Crippen molar-refractivity contribution in [1.29, 1.82) is 0 Å². The number of hydrogen-bond donors (Lipinski definition) is 1. The summed E-state index contributed by atoms with van der Waals surface area (Å²) in [6, 6.07) is 0. The SMILES string of the molecule is COCC(C)OCC(O)CN1CCn2cnnc2C1. The Kier molecular flexibility index (Phi) is 5.26. The first kappa shape index (κ1) is 14.4. The molecule has 2 unspecified atom stereocenters. The summed E-state index contributed by atoms with van der Waals surface area (Å²) in [5, 5.41) is 17.9. The number of aliphatic hydroxyl groups is 1. The second-order valence-electron chi connectivity index (χ2n) is 4.93. The third-order valence-electron chi connectivity index (χ3n) is 3.16. The van der Waals surface area contributed by atoms with Crippen LogP contribution < -0.4 is 0 Å². The van der Waals surface area contributed by atoms with Crippen LogP contribution in [0.5, 0.6) is 0 Å². The van der Waals surface area contributed by atoms with Gasteiger partial charge in [0.25, 0.3) is 0 Å². The number of hydrogen-bond acceptors (Lipinski definition) is 6. The van der Waals surface area contributed by atoms with Crippen LogP contribution in [0.25, 0.3) is 0 Å². The number of fused-ring (bicyclic) bond motifs is 1. The smallest absolute Gasteiger partial charge is 0.147 e. The van der Waals surface area contributed by atoms with Gasteiger partial charge in [0, 0.05) is 26.7 Å². The average Bonchev–Trinajstić information content (AvgIpc) is 2.84. The lowest BCUT2D eigenvalue weighted by Gasteiger charge is -2.28. The predicted octanol–water partition coefficient (Wildman–Crippen LogP) is -0.494. The Labute approximate surface area is 113 Å². The maximum Gasteiger partial charge on any atom is 0.147 e. The Morgan fingerprint density at radius 3 is 3.05 bits per heavy atom. The molecule has 0 saturated carbocycles. The molecule has 7 heteroatoms. The summed E-state index contributed by atoms with van der Waals surface area (Å²) in [6.07, 6.45) is 1.26. The zero-order chi connectivity index (χ0) is 13.7. The van der Waals surface area contributed by atoms with Gasteiger partial charge in [0.1, 0.15) is 12.2 Å². The highest BCUT2D eigenvalue weighted by Gasteiger charge is 2.20. The van der Waals surface area contributed by atoms with E-state index in [0.29, 0.717) is 19.8 Å². The first-order chi connectivity index (χ1) is 9.19. The van der Waals surface area contributed by atoms with Gasteiger partial charge in [-0.1, -0.05) is 0 Å². The predicted molar refractivity (Wildman–Crippen MR) is 68.6 cm³/mol. The van der Waals surface area contributed by atoms with Gasteiger partial charge in [0.05, 0.1) is 32.0 Å². The lowest BCUT2D eigenvalue weighted by atomic mass is 10.3. The number of aromatic nitrogens is 3. The van der Waals surface area contributed by atoms with Crippen LogP contribution >= 0.6 is 0 Å². The van der Waals surface area contributed by atoms with Crippen molar-refractivity contribution in [2.75, 3.05) is 33.4 Å². The molecule has 0 radical (unpaired) electrons. The third-order valence-corrected chi connectivity index (χ3v) is 3.16. The minimum Gasteiger partial charge on any atom is -0.389 e. The largest absolute Gasteiger partial charge is 0.389 e. The van der Waals surface area contributed by atoms with Gasteiger partial charge in [-0.3, -0.25) is 4.90 Å². The Balaban J connectivity index is 1.70. The summed E-state index contributed by atoms with van der Waals surface area (Å²) < 4.78 is 12.5. The van der Waals surface area contributed by atoms with Crippen molar-refractivity contribution in [1.82, 2.24) is 19.7 Å². The van der Waals surface area contributed by atoms with E-state index in [4.69, 9.17) is 9.47 Å². The first-order valence-electron chi connectivity index (χ1n) is 6.56. The summed E-state index contributed by atoms with van der Waals surface area (Å²) in [6.45, 7) is 5.88. The van der Waals surface area contributed by atoms with Crippen LogP contribution in [0.1, 0.15) is 12.7 Å². The molecule has 0 fully saturated rings. The molecule has 1 aromatic rings. The Hall–Kier alpha value is -1.02. The lowest BCUT2D eigenvalue weighted by Crippen LogP contribution is -2.40. The molecular formula is C12H22N4O3. The standard InChI is InChI=1S/C12H22N4O3/c1-10(7-18-2)19-8-11(17)5-15-3-4-16-9-13-14-12(16)6-15/h9-11,17H,3-8H2,1-2H3. The highest BCUT2D eigenvalue weighted by atomic mass is 16.5. The highest BCUT2D eigenvalue weighted by molar-refractivity contribution is 4.90. The fraction of sp³-hybridized carbons (Fsp3) is 0.833. The molecule has 108 valence electrons. The van der Waals surface area contributed by atoms with E-state index in [1.165, 1.54) is 0 Å². The fourth-order valence-corrected chi connectivity index (χ4v) is 2.18. The zero-order valence-corrected chi connectivity index (χ0v) is 11.5. The van der Waals surface area contributed by atoms with Crippen LogP contribution in [0.4, 0.5) is 0 Å². The normalized spacial score (nSPS) is 19.1. The van der Waals surface area contributed by atoms with E-state index < -0.39 is 6.10 Å². The Bertz CT molecular complexity index is 385. The van der Waals surface area contributed by atoms with Crippen molar-refractivity contribution >= 4 is 0 Å². The van der Waals surface area contributed by atoms with E-state index in [2.05, 4.69) is 15.1 Å². The highest BCUT2D eigenvalue weighted by Crippen LogP contribution is 2.09. The van der Waals surface area contributed by atoms with Crippen LogP contribution in [0.3, 0.4) is 0 Å². The van der Waals surface area contributed by atoms with Crippen LogP contribution in [-0.2, 0) is 22.6 Å². The maximum atomic E-state index is 9.97. The molecule has 0 aromatic carbocycles. The molecule has 0 bridgehead atoms. The maximum absolute atomic E-state index is 9.97. The van der Waals surface area contributed by atoms with Crippen molar-refractivity contribution in [2.24, 2.45) is 0 Å². The molecule has 0 spiro atoms. The molecule has 7 nitrogen and oxygen atoms in total. The molecular weight excluding hydrogens is 248 g/mol.